The number of benzene rings is 1. The van der Waals surface area contributed by atoms with Crippen LogP contribution in [0.25, 0.3) is 10.8 Å². The molecule has 0 unspecified atom stereocenters. The van der Waals surface area contributed by atoms with Crippen molar-refractivity contribution in [3.05, 3.63) is 30.5 Å². The van der Waals surface area contributed by atoms with E-state index in [-0.39, 0.29) is 0 Å². The molecule has 105 valence electrons. The van der Waals surface area contributed by atoms with E-state index in [1.165, 1.54) is 0 Å². The maximum atomic E-state index is 12.0. The Kier molecular flexibility index (Phi) is 4.76. The molecule has 5 heteroatoms. The molecule has 2 aromatic rings. The number of hydrogen-bond acceptors (Lipinski definition) is 2. The summed E-state index contributed by atoms with van der Waals surface area (Å²) in [4.78, 5) is 26.9. The van der Waals surface area contributed by atoms with Crippen molar-refractivity contribution in [3.8, 4) is 0 Å². The molecule has 0 aliphatic carbocycles. The SMILES string of the molecule is CCCCCN([C]=O)C(=O)Nc1[nH]cc2ccccc12. The van der Waals surface area contributed by atoms with Gasteiger partial charge in [0.25, 0.3) is 0 Å². The van der Waals surface area contributed by atoms with Gasteiger partial charge in [-0.2, -0.15) is 0 Å². The molecule has 0 saturated carbocycles. The van der Waals surface area contributed by atoms with Gasteiger partial charge in [0, 0.05) is 23.5 Å². The fourth-order valence-corrected chi connectivity index (χ4v) is 2.06. The maximum absolute atomic E-state index is 12.0. The van der Waals surface area contributed by atoms with E-state index in [9.17, 15) is 9.59 Å². The summed E-state index contributed by atoms with van der Waals surface area (Å²) in [5.74, 6) is 0.598. The van der Waals surface area contributed by atoms with Crippen molar-refractivity contribution in [1.29, 1.82) is 0 Å². The topological polar surface area (TPSA) is 65.2 Å². The minimum Gasteiger partial charge on any atom is -0.347 e. The van der Waals surface area contributed by atoms with Crippen molar-refractivity contribution in [2.45, 2.75) is 26.2 Å². The molecule has 0 fully saturated rings. The van der Waals surface area contributed by atoms with E-state index in [0.29, 0.717) is 12.4 Å². The van der Waals surface area contributed by atoms with Gasteiger partial charge in [-0.1, -0.05) is 44.0 Å². The number of H-pyrrole nitrogens is 1. The lowest BCUT2D eigenvalue weighted by atomic mass is 10.2. The van der Waals surface area contributed by atoms with Crippen LogP contribution in [0.15, 0.2) is 30.5 Å². The molecule has 1 aromatic heterocycles. The number of carbonyl (C=O) groups is 1. The second kappa shape index (κ2) is 6.75. The number of aromatic amines is 1. The summed E-state index contributed by atoms with van der Waals surface area (Å²) in [7, 11) is 0. The standard InChI is InChI=1S/C15H18N3O2/c1-2-3-6-9-18(11-19)15(20)17-14-13-8-5-4-7-12(13)10-16-14/h4-5,7-8,10,16H,2-3,6,9H2,1H3,(H,17,20). The number of urea groups is 1. The first-order chi connectivity index (χ1) is 9.76. The van der Waals surface area contributed by atoms with Gasteiger partial charge in [-0.15, -0.1) is 0 Å². The van der Waals surface area contributed by atoms with E-state index < -0.39 is 6.03 Å². The zero-order chi connectivity index (χ0) is 14.4. The predicted molar refractivity (Wildman–Crippen MR) is 79.2 cm³/mol. The molecule has 1 heterocycles. The number of amides is 3. The van der Waals surface area contributed by atoms with Gasteiger partial charge in [0.2, 0.25) is 0 Å². The lowest BCUT2D eigenvalue weighted by Crippen LogP contribution is -2.34. The Hall–Kier alpha value is -2.30. The molecule has 1 radical (unpaired) electrons. The molecular formula is C15H18N3O2. The van der Waals surface area contributed by atoms with Gasteiger partial charge in [-0.05, 0) is 6.42 Å². The van der Waals surface area contributed by atoms with Gasteiger partial charge in [-0.3, -0.25) is 15.0 Å². The third-order valence-corrected chi connectivity index (χ3v) is 3.17. The van der Waals surface area contributed by atoms with Gasteiger partial charge in [0.05, 0.1) is 0 Å². The molecule has 0 atom stereocenters. The van der Waals surface area contributed by atoms with Crippen LogP contribution in [0.2, 0.25) is 0 Å². The minimum atomic E-state index is -0.455. The molecule has 2 rings (SSSR count). The van der Waals surface area contributed by atoms with Gasteiger partial charge in [0.1, 0.15) is 5.82 Å². The van der Waals surface area contributed by atoms with Gasteiger partial charge in [0.15, 0.2) is 0 Å². The number of imide groups is 1. The molecule has 2 N–H and O–H groups in total. The number of unbranched alkanes of at least 4 members (excludes halogenated alkanes) is 2. The highest BCUT2D eigenvalue weighted by atomic mass is 16.2. The van der Waals surface area contributed by atoms with Crippen molar-refractivity contribution in [3.63, 3.8) is 0 Å². The van der Waals surface area contributed by atoms with Crippen molar-refractivity contribution in [2.24, 2.45) is 0 Å². The van der Waals surface area contributed by atoms with Crippen molar-refractivity contribution < 1.29 is 9.59 Å². The highest BCUT2D eigenvalue weighted by Gasteiger charge is 2.15. The minimum absolute atomic E-state index is 0.391. The molecule has 0 spiro atoms. The first-order valence-corrected chi connectivity index (χ1v) is 6.78. The van der Waals surface area contributed by atoms with Crippen LogP contribution in [0.3, 0.4) is 0 Å². The Morgan fingerprint density at radius 3 is 2.90 bits per heavy atom. The lowest BCUT2D eigenvalue weighted by Gasteiger charge is -2.14. The van der Waals surface area contributed by atoms with E-state index in [2.05, 4.69) is 17.2 Å². The highest BCUT2D eigenvalue weighted by molar-refractivity contribution is 6.02. The van der Waals surface area contributed by atoms with E-state index in [1.54, 1.807) is 6.41 Å². The molecule has 20 heavy (non-hydrogen) atoms. The normalized spacial score (nSPS) is 10.4. The fourth-order valence-electron chi connectivity index (χ4n) is 2.06. The molecule has 1 aromatic carbocycles. The number of fused-ring (bicyclic) bond motifs is 1. The number of rotatable bonds is 6. The molecule has 0 aliphatic heterocycles. The number of nitrogens with zero attached hydrogens (tertiary/aromatic N) is 1. The highest BCUT2D eigenvalue weighted by Crippen LogP contribution is 2.22. The second-order valence-electron chi connectivity index (χ2n) is 4.63. The summed E-state index contributed by atoms with van der Waals surface area (Å²) >= 11 is 0. The van der Waals surface area contributed by atoms with Crippen LogP contribution in [0, 0.1) is 0 Å². The number of aromatic nitrogens is 1. The van der Waals surface area contributed by atoms with E-state index in [4.69, 9.17) is 0 Å². The largest absolute Gasteiger partial charge is 0.347 e. The third kappa shape index (κ3) is 3.17. The van der Waals surface area contributed by atoms with E-state index in [0.717, 1.165) is 34.9 Å². The van der Waals surface area contributed by atoms with Crippen LogP contribution in [0.4, 0.5) is 10.6 Å². The monoisotopic (exact) mass is 272 g/mol. The van der Waals surface area contributed by atoms with E-state index in [1.807, 2.05) is 30.5 Å². The molecule has 0 aliphatic rings. The summed E-state index contributed by atoms with van der Waals surface area (Å²) in [6, 6.07) is 7.23. The third-order valence-electron chi connectivity index (χ3n) is 3.17. The molecule has 0 saturated heterocycles. The van der Waals surface area contributed by atoms with E-state index >= 15 is 0 Å². The van der Waals surface area contributed by atoms with Crippen LogP contribution in [-0.4, -0.2) is 28.9 Å². The fraction of sp³-hybridized carbons (Fsp3) is 0.333. The van der Waals surface area contributed by atoms with Crippen molar-refractivity contribution >= 4 is 29.0 Å². The average molecular weight is 272 g/mol. The summed E-state index contributed by atoms with van der Waals surface area (Å²) in [5.41, 5.74) is 0. The van der Waals surface area contributed by atoms with Gasteiger partial charge >= 0.3 is 12.4 Å². The molecule has 3 amide bonds. The second-order valence-corrected chi connectivity index (χ2v) is 4.63. The zero-order valence-electron chi connectivity index (χ0n) is 11.5. The average Bonchev–Trinajstić information content (AvgIpc) is 2.87. The molecular weight excluding hydrogens is 254 g/mol. The van der Waals surface area contributed by atoms with Gasteiger partial charge in [-0.25, -0.2) is 4.79 Å². The van der Waals surface area contributed by atoms with Crippen LogP contribution < -0.4 is 5.32 Å². The Labute approximate surface area is 118 Å². The maximum Gasteiger partial charge on any atom is 0.330 e. The smallest absolute Gasteiger partial charge is 0.330 e. The Bertz CT molecular complexity index is 592. The van der Waals surface area contributed by atoms with Gasteiger partial charge < -0.3 is 4.98 Å². The molecule has 5 nitrogen and oxygen atoms in total. The first kappa shape index (κ1) is 14.1. The van der Waals surface area contributed by atoms with Crippen LogP contribution in [0.1, 0.15) is 26.2 Å². The quantitative estimate of drug-likeness (QED) is 0.626. The lowest BCUT2D eigenvalue weighted by molar-refractivity contribution is 0.231. The Morgan fingerprint density at radius 2 is 2.15 bits per heavy atom. The summed E-state index contributed by atoms with van der Waals surface area (Å²) < 4.78 is 0. The first-order valence-electron chi connectivity index (χ1n) is 6.78. The number of nitrogens with one attached hydrogen (secondary N) is 2. The summed E-state index contributed by atoms with van der Waals surface area (Å²) in [6.07, 6.45) is 6.31. The predicted octanol–water partition coefficient (Wildman–Crippen LogP) is 3.26. The number of hydrogen-bond donors (Lipinski definition) is 2. The number of carbonyl (C=O) groups excluding carboxylic acids is 2. The Morgan fingerprint density at radius 1 is 1.35 bits per heavy atom. The van der Waals surface area contributed by atoms with Crippen LogP contribution in [-0.2, 0) is 4.79 Å². The van der Waals surface area contributed by atoms with Crippen LogP contribution >= 0.6 is 0 Å². The Balaban J connectivity index is 2.04. The number of anilines is 1. The summed E-state index contributed by atoms with van der Waals surface area (Å²) in [5, 5.41) is 4.64. The summed E-state index contributed by atoms with van der Waals surface area (Å²) in [6.45, 7) is 2.46. The molecule has 0 bridgehead atoms. The van der Waals surface area contributed by atoms with Crippen molar-refractivity contribution in [1.82, 2.24) is 9.88 Å². The van der Waals surface area contributed by atoms with Crippen molar-refractivity contribution in [2.75, 3.05) is 11.9 Å². The van der Waals surface area contributed by atoms with Crippen LogP contribution in [0.5, 0.6) is 0 Å². The zero-order valence-corrected chi connectivity index (χ0v) is 11.5.